The van der Waals surface area contributed by atoms with Crippen molar-refractivity contribution < 1.29 is 9.47 Å². The zero-order valence-corrected chi connectivity index (χ0v) is 22.3. The summed E-state index contributed by atoms with van der Waals surface area (Å²) >= 11 is 12.4. The van der Waals surface area contributed by atoms with Gasteiger partial charge in [0, 0.05) is 18.7 Å². The highest BCUT2D eigenvalue weighted by Crippen LogP contribution is 2.38. The molecule has 1 aliphatic rings. The van der Waals surface area contributed by atoms with Crippen molar-refractivity contribution in [3.05, 3.63) is 81.8 Å². The molecule has 5 aromatic rings. The van der Waals surface area contributed by atoms with Gasteiger partial charge in [-0.25, -0.2) is 9.67 Å². The van der Waals surface area contributed by atoms with Crippen LogP contribution in [0.2, 0.25) is 10.0 Å². The van der Waals surface area contributed by atoms with E-state index in [0.29, 0.717) is 62.3 Å². The minimum Gasteiger partial charge on any atom is -0.493 e. The molecule has 1 aliphatic heterocycles. The first-order chi connectivity index (χ1) is 18.5. The van der Waals surface area contributed by atoms with E-state index in [-0.39, 0.29) is 0 Å². The fourth-order valence-corrected chi connectivity index (χ4v) is 5.11. The molecule has 6 rings (SSSR count). The third-order valence-corrected chi connectivity index (χ3v) is 7.51. The summed E-state index contributed by atoms with van der Waals surface area (Å²) in [7, 11) is 3.20. The van der Waals surface area contributed by atoms with Gasteiger partial charge >= 0.3 is 0 Å². The number of hydrogen-bond acceptors (Lipinski definition) is 7. The van der Waals surface area contributed by atoms with Crippen LogP contribution in [0.3, 0.4) is 0 Å². The van der Waals surface area contributed by atoms with Gasteiger partial charge < -0.3 is 20.1 Å². The zero-order chi connectivity index (χ0) is 26.4. The van der Waals surface area contributed by atoms with Crippen LogP contribution in [0.5, 0.6) is 11.5 Å². The monoisotopic (exact) mass is 546 g/mol. The molecule has 3 heterocycles. The van der Waals surface area contributed by atoms with Gasteiger partial charge in [0.2, 0.25) is 5.95 Å². The number of fused-ring (bicyclic) bond motifs is 2. The topological polar surface area (TPSA) is 91.3 Å². The van der Waals surface area contributed by atoms with E-state index in [0.717, 1.165) is 18.5 Å². The summed E-state index contributed by atoms with van der Waals surface area (Å²) < 4.78 is 12.6. The second-order valence-corrected chi connectivity index (χ2v) is 9.79. The number of nitrogen functional groups attached to an aromatic ring is 1. The first-order valence-electron chi connectivity index (χ1n) is 12.0. The highest BCUT2D eigenvalue weighted by Gasteiger charge is 2.24. The van der Waals surface area contributed by atoms with Crippen LogP contribution in [0.15, 0.2) is 60.7 Å². The molecule has 3 aromatic carbocycles. The fraction of sp³-hybridized carbons (Fsp3) is 0.179. The number of rotatable bonds is 5. The SMILES string of the molecule is COc1ccc(-c2nc(N3CCc4ccccc4C3)nc3nn(-c4ccc(Cl)c(Cl)c4)c(N)c23)cc1OC. The van der Waals surface area contributed by atoms with Crippen LogP contribution in [0.25, 0.3) is 28.0 Å². The van der Waals surface area contributed by atoms with Crippen LogP contribution in [-0.4, -0.2) is 40.5 Å². The fourth-order valence-electron chi connectivity index (χ4n) is 4.81. The molecule has 2 aromatic heterocycles. The molecule has 0 radical (unpaired) electrons. The first kappa shape index (κ1) is 24.3. The van der Waals surface area contributed by atoms with Crippen LogP contribution >= 0.6 is 23.2 Å². The van der Waals surface area contributed by atoms with E-state index in [9.17, 15) is 0 Å². The lowest BCUT2D eigenvalue weighted by Gasteiger charge is -2.29. The Hall–Kier alpha value is -4.01. The number of methoxy groups -OCH3 is 2. The Bertz CT molecular complexity index is 1690. The Balaban J connectivity index is 1.55. The third kappa shape index (κ3) is 4.15. The van der Waals surface area contributed by atoms with Crippen molar-refractivity contribution in [2.24, 2.45) is 0 Å². The molecule has 0 bridgehead atoms. The Morgan fingerprint density at radius 3 is 2.42 bits per heavy atom. The van der Waals surface area contributed by atoms with Gasteiger partial charge in [-0.3, -0.25) is 0 Å². The number of benzene rings is 3. The molecule has 38 heavy (non-hydrogen) atoms. The maximum atomic E-state index is 6.69. The van der Waals surface area contributed by atoms with Gasteiger partial charge in [-0.2, -0.15) is 4.98 Å². The minimum atomic E-state index is 0.388. The number of anilines is 2. The molecule has 8 nitrogen and oxygen atoms in total. The lowest BCUT2D eigenvalue weighted by atomic mass is 10.0. The molecular weight excluding hydrogens is 523 g/mol. The first-order valence-corrected chi connectivity index (χ1v) is 12.8. The molecule has 0 spiro atoms. The Morgan fingerprint density at radius 1 is 0.868 bits per heavy atom. The second-order valence-electron chi connectivity index (χ2n) is 8.98. The molecule has 10 heteroatoms. The number of aromatic nitrogens is 4. The molecule has 0 amide bonds. The van der Waals surface area contributed by atoms with Gasteiger partial charge in [0.15, 0.2) is 17.1 Å². The molecule has 0 unspecified atom stereocenters. The van der Waals surface area contributed by atoms with Crippen molar-refractivity contribution in [1.82, 2.24) is 19.7 Å². The third-order valence-electron chi connectivity index (χ3n) is 6.78. The van der Waals surface area contributed by atoms with E-state index in [1.807, 2.05) is 24.3 Å². The second kappa shape index (κ2) is 9.70. The summed E-state index contributed by atoms with van der Waals surface area (Å²) in [6, 6.07) is 19.3. The predicted molar refractivity (Wildman–Crippen MR) is 151 cm³/mol. The Labute approximate surface area is 229 Å². The molecular formula is C28H24Cl2N6O2. The maximum absolute atomic E-state index is 6.69. The van der Waals surface area contributed by atoms with E-state index in [1.54, 1.807) is 31.0 Å². The molecule has 0 saturated heterocycles. The van der Waals surface area contributed by atoms with Crippen molar-refractivity contribution in [1.29, 1.82) is 0 Å². The van der Waals surface area contributed by atoms with Crippen molar-refractivity contribution in [2.75, 3.05) is 31.4 Å². The number of nitrogens with zero attached hydrogens (tertiary/aromatic N) is 5. The molecule has 0 saturated carbocycles. The molecule has 192 valence electrons. The smallest absolute Gasteiger partial charge is 0.228 e. The highest BCUT2D eigenvalue weighted by molar-refractivity contribution is 6.42. The lowest BCUT2D eigenvalue weighted by Crippen LogP contribution is -2.31. The van der Waals surface area contributed by atoms with Crippen molar-refractivity contribution in [3.63, 3.8) is 0 Å². The summed E-state index contributed by atoms with van der Waals surface area (Å²) in [5.41, 5.74) is 11.9. The lowest BCUT2D eigenvalue weighted by molar-refractivity contribution is 0.355. The van der Waals surface area contributed by atoms with Crippen molar-refractivity contribution in [2.45, 2.75) is 13.0 Å². The van der Waals surface area contributed by atoms with E-state index in [2.05, 4.69) is 29.2 Å². The summed E-state index contributed by atoms with van der Waals surface area (Å²) in [4.78, 5) is 12.1. The van der Waals surface area contributed by atoms with Crippen LogP contribution < -0.4 is 20.1 Å². The Morgan fingerprint density at radius 2 is 1.66 bits per heavy atom. The Kier molecular flexibility index (Phi) is 6.21. The van der Waals surface area contributed by atoms with Crippen LogP contribution in [0, 0.1) is 0 Å². The van der Waals surface area contributed by atoms with Gasteiger partial charge in [-0.05, 0) is 53.9 Å². The van der Waals surface area contributed by atoms with Crippen molar-refractivity contribution >= 4 is 46.0 Å². The zero-order valence-electron chi connectivity index (χ0n) is 20.8. The molecule has 2 N–H and O–H groups in total. The molecule has 0 aliphatic carbocycles. The normalized spacial score (nSPS) is 13.0. The van der Waals surface area contributed by atoms with Gasteiger partial charge in [0.1, 0.15) is 5.82 Å². The number of ether oxygens (including phenoxy) is 2. The highest BCUT2D eigenvalue weighted by atomic mass is 35.5. The predicted octanol–water partition coefficient (Wildman–Crippen LogP) is 5.95. The maximum Gasteiger partial charge on any atom is 0.228 e. The largest absolute Gasteiger partial charge is 0.493 e. The number of nitrogens with two attached hydrogens (primary N) is 1. The summed E-state index contributed by atoms with van der Waals surface area (Å²) in [6.45, 7) is 1.49. The van der Waals surface area contributed by atoms with Crippen molar-refractivity contribution in [3.8, 4) is 28.4 Å². The van der Waals surface area contributed by atoms with E-state index >= 15 is 0 Å². The minimum absolute atomic E-state index is 0.388. The quantitative estimate of drug-likeness (QED) is 0.291. The summed E-state index contributed by atoms with van der Waals surface area (Å²) in [5, 5.41) is 6.25. The van der Waals surface area contributed by atoms with E-state index < -0.39 is 0 Å². The standard InChI is InChI=1S/C28H24Cl2N6O2/c1-37-22-10-7-17(13-23(22)38-2)25-24-26(31)36(19-8-9-20(29)21(30)14-19)34-27(24)33-28(32-25)35-12-11-16-5-3-4-6-18(16)15-35/h3-10,13-14H,11-12,15,31H2,1-2H3. The molecule has 0 fully saturated rings. The van der Waals surface area contributed by atoms with E-state index in [1.165, 1.54) is 11.1 Å². The van der Waals surface area contributed by atoms with Gasteiger partial charge in [-0.15, -0.1) is 5.10 Å². The summed E-state index contributed by atoms with van der Waals surface area (Å²) in [5.74, 6) is 2.17. The van der Waals surface area contributed by atoms with Gasteiger partial charge in [-0.1, -0.05) is 47.5 Å². The number of halogens is 2. The van der Waals surface area contributed by atoms with E-state index in [4.69, 9.17) is 53.5 Å². The van der Waals surface area contributed by atoms with Crippen LogP contribution in [0.4, 0.5) is 11.8 Å². The van der Waals surface area contributed by atoms with Gasteiger partial charge in [0.25, 0.3) is 0 Å². The average Bonchev–Trinajstić information content (AvgIpc) is 3.29. The van der Waals surface area contributed by atoms with Crippen LogP contribution in [0.1, 0.15) is 11.1 Å². The average molecular weight is 547 g/mol. The molecule has 0 atom stereocenters. The number of hydrogen-bond donors (Lipinski definition) is 1. The van der Waals surface area contributed by atoms with Crippen LogP contribution in [-0.2, 0) is 13.0 Å². The summed E-state index contributed by atoms with van der Waals surface area (Å²) in [6.07, 6.45) is 0.906. The van der Waals surface area contributed by atoms with Gasteiger partial charge in [0.05, 0.1) is 41.0 Å².